The number of aromatic nitrogens is 1. The van der Waals surface area contributed by atoms with Gasteiger partial charge in [0.25, 0.3) is 5.91 Å². The van der Waals surface area contributed by atoms with Crippen LogP contribution in [0.1, 0.15) is 67.8 Å². The van der Waals surface area contributed by atoms with Crippen molar-refractivity contribution >= 4 is 32.5 Å². The number of aliphatic hydroxyl groups excluding tert-OH is 1. The smallest absolute Gasteiger partial charge is 0.251 e. The summed E-state index contributed by atoms with van der Waals surface area (Å²) in [5.41, 5.74) is 2.79. The van der Waals surface area contributed by atoms with Gasteiger partial charge in [-0.15, -0.1) is 0 Å². The number of hydrogen-bond acceptors (Lipinski definition) is 5. The van der Waals surface area contributed by atoms with E-state index in [9.17, 15) is 18.3 Å². The normalized spacial score (nSPS) is 19.4. The van der Waals surface area contributed by atoms with Crippen LogP contribution in [0.3, 0.4) is 0 Å². The van der Waals surface area contributed by atoms with E-state index >= 15 is 0 Å². The van der Waals surface area contributed by atoms with Gasteiger partial charge in [0, 0.05) is 42.8 Å². The summed E-state index contributed by atoms with van der Waals surface area (Å²) in [4.78, 5) is 13.8. The van der Waals surface area contributed by atoms with Crippen molar-refractivity contribution in [2.45, 2.75) is 83.0 Å². The number of aliphatic hydroxyl groups is 1. The van der Waals surface area contributed by atoms with E-state index < -0.39 is 22.2 Å². The zero-order valence-corrected chi connectivity index (χ0v) is 24.2. The number of carbonyl (C=O) groups is 1. The first-order chi connectivity index (χ1) is 19.4. The van der Waals surface area contributed by atoms with Gasteiger partial charge in [0.05, 0.1) is 29.1 Å². The summed E-state index contributed by atoms with van der Waals surface area (Å²) in [5.74, 6) is -0.210. The number of hydrogen-bond donors (Lipinski definition) is 3. The van der Waals surface area contributed by atoms with Crippen molar-refractivity contribution in [2.75, 3.05) is 23.1 Å². The SMILES string of the molecule is CCn1ccc2c(N3CCCCS3(=O)=O)cc(C(=O)N[C@@H](Cc3ccccc3)[C@H](O)CNC3CCCCC3)cc21. The van der Waals surface area contributed by atoms with Gasteiger partial charge in [0.1, 0.15) is 0 Å². The van der Waals surface area contributed by atoms with Crippen LogP contribution in [0.15, 0.2) is 54.7 Å². The van der Waals surface area contributed by atoms with Crippen molar-refractivity contribution in [1.29, 1.82) is 0 Å². The van der Waals surface area contributed by atoms with Gasteiger partial charge in [-0.3, -0.25) is 9.10 Å². The molecule has 9 heteroatoms. The van der Waals surface area contributed by atoms with Crippen LogP contribution in [0.2, 0.25) is 0 Å². The highest BCUT2D eigenvalue weighted by molar-refractivity contribution is 7.92. The standard InChI is InChI=1S/C31H42N4O4S/c1-2-34-17-15-26-28(34)20-24(21-29(26)35-16-9-10-18-40(35,38)39)31(37)33-27(19-23-11-5-3-6-12-23)30(36)22-32-25-13-7-4-8-14-25/h3,5-6,11-12,15,17,20-21,25,27,30,32,36H,2,4,7-10,13-14,16,18-19,22H2,1H3,(H,33,37)/t27-,30+/m0/s1. The van der Waals surface area contributed by atoms with E-state index in [-0.39, 0.29) is 11.7 Å². The van der Waals surface area contributed by atoms with Gasteiger partial charge in [-0.25, -0.2) is 8.42 Å². The Balaban J connectivity index is 1.43. The summed E-state index contributed by atoms with van der Waals surface area (Å²) >= 11 is 0. The molecule has 2 aromatic carbocycles. The quantitative estimate of drug-likeness (QED) is 0.341. The van der Waals surface area contributed by atoms with Crippen LogP contribution in [0, 0.1) is 0 Å². The molecule has 3 aromatic rings. The second-order valence-electron chi connectivity index (χ2n) is 11.2. The number of nitrogens with zero attached hydrogens (tertiary/aromatic N) is 2. The number of carbonyl (C=O) groups excluding carboxylic acids is 1. The third-order valence-electron chi connectivity index (χ3n) is 8.39. The molecular formula is C31H42N4O4S. The number of aryl methyl sites for hydroxylation is 1. The van der Waals surface area contributed by atoms with Crippen LogP contribution in [0.25, 0.3) is 10.9 Å². The molecule has 0 radical (unpaired) electrons. The van der Waals surface area contributed by atoms with Gasteiger partial charge >= 0.3 is 0 Å². The number of amides is 1. The maximum absolute atomic E-state index is 13.8. The van der Waals surface area contributed by atoms with Crippen molar-refractivity contribution in [3.63, 3.8) is 0 Å². The predicted molar refractivity (Wildman–Crippen MR) is 160 cm³/mol. The molecule has 2 aliphatic rings. The molecule has 1 amide bonds. The number of rotatable bonds is 10. The summed E-state index contributed by atoms with van der Waals surface area (Å²) in [7, 11) is -3.46. The maximum atomic E-state index is 13.8. The minimum absolute atomic E-state index is 0.110. The zero-order chi connectivity index (χ0) is 28.1. The van der Waals surface area contributed by atoms with Crippen molar-refractivity contribution in [3.05, 3.63) is 65.9 Å². The molecule has 8 nitrogen and oxygen atoms in total. The van der Waals surface area contributed by atoms with Crippen molar-refractivity contribution < 1.29 is 18.3 Å². The van der Waals surface area contributed by atoms with E-state index in [1.54, 1.807) is 6.07 Å². The van der Waals surface area contributed by atoms with E-state index in [0.717, 1.165) is 35.7 Å². The fourth-order valence-corrected chi connectivity index (χ4v) is 7.74. The molecule has 2 atom stereocenters. The largest absolute Gasteiger partial charge is 0.390 e. The zero-order valence-electron chi connectivity index (χ0n) is 23.4. The molecule has 0 bridgehead atoms. The van der Waals surface area contributed by atoms with Gasteiger partial charge in [-0.2, -0.15) is 0 Å². The topological polar surface area (TPSA) is 104 Å². The minimum atomic E-state index is -3.46. The minimum Gasteiger partial charge on any atom is -0.390 e. The molecule has 0 spiro atoms. The lowest BCUT2D eigenvalue weighted by Gasteiger charge is -2.30. The summed E-state index contributed by atoms with van der Waals surface area (Å²) in [6.45, 7) is 3.53. The molecule has 1 aliphatic carbocycles. The van der Waals surface area contributed by atoms with Crippen LogP contribution >= 0.6 is 0 Å². The van der Waals surface area contributed by atoms with Crippen LogP contribution in [-0.4, -0.2) is 61.0 Å². The van der Waals surface area contributed by atoms with Gasteiger partial charge < -0.3 is 20.3 Å². The number of sulfonamides is 1. The van der Waals surface area contributed by atoms with Crippen molar-refractivity contribution in [3.8, 4) is 0 Å². The first-order valence-corrected chi connectivity index (χ1v) is 16.4. The average molecular weight is 567 g/mol. The van der Waals surface area contributed by atoms with Crippen LogP contribution in [-0.2, 0) is 23.0 Å². The molecule has 0 unspecified atom stereocenters. The number of nitrogens with one attached hydrogen (secondary N) is 2. The van der Waals surface area contributed by atoms with Gasteiger partial charge in [0.15, 0.2) is 0 Å². The number of anilines is 1. The van der Waals surface area contributed by atoms with Crippen molar-refractivity contribution in [2.24, 2.45) is 0 Å². The van der Waals surface area contributed by atoms with E-state index in [0.29, 0.717) is 49.8 Å². The van der Waals surface area contributed by atoms with Gasteiger partial charge in [-0.05, 0) is 62.8 Å². The van der Waals surface area contributed by atoms with Crippen molar-refractivity contribution in [1.82, 2.24) is 15.2 Å². The molecular weight excluding hydrogens is 524 g/mol. The second-order valence-corrected chi connectivity index (χ2v) is 13.2. The summed E-state index contributed by atoms with van der Waals surface area (Å²) in [6, 6.07) is 15.2. The first kappa shape index (κ1) is 28.6. The average Bonchev–Trinajstić information content (AvgIpc) is 3.39. The highest BCUT2D eigenvalue weighted by Crippen LogP contribution is 2.33. The first-order valence-electron chi connectivity index (χ1n) is 14.8. The lowest BCUT2D eigenvalue weighted by atomic mass is 9.95. The van der Waals surface area contributed by atoms with Crippen LogP contribution in [0.5, 0.6) is 0 Å². The molecule has 1 aliphatic heterocycles. The Morgan fingerprint density at radius 1 is 1.05 bits per heavy atom. The summed E-state index contributed by atoms with van der Waals surface area (Å²) in [6.07, 6.45) is 8.97. The van der Waals surface area contributed by atoms with Gasteiger partial charge in [0.2, 0.25) is 10.0 Å². The van der Waals surface area contributed by atoms with E-state index in [1.807, 2.05) is 60.2 Å². The Kier molecular flexibility index (Phi) is 9.13. The Morgan fingerprint density at radius 2 is 1.82 bits per heavy atom. The Labute approximate surface area is 237 Å². The molecule has 3 N–H and O–H groups in total. The van der Waals surface area contributed by atoms with Crippen LogP contribution in [0.4, 0.5) is 5.69 Å². The maximum Gasteiger partial charge on any atom is 0.251 e. The van der Waals surface area contributed by atoms with Crippen LogP contribution < -0.4 is 14.9 Å². The number of fused-ring (bicyclic) bond motifs is 1. The van der Waals surface area contributed by atoms with Gasteiger partial charge in [-0.1, -0.05) is 49.6 Å². The van der Waals surface area contributed by atoms with E-state index in [2.05, 4.69) is 10.6 Å². The number of benzene rings is 2. The fraction of sp³-hybridized carbons (Fsp3) is 0.516. The highest BCUT2D eigenvalue weighted by Gasteiger charge is 2.30. The lowest BCUT2D eigenvalue weighted by molar-refractivity contribution is 0.0821. The third-order valence-corrected chi connectivity index (χ3v) is 10.2. The second kappa shape index (κ2) is 12.7. The lowest BCUT2D eigenvalue weighted by Crippen LogP contribution is -2.50. The summed E-state index contributed by atoms with van der Waals surface area (Å²) < 4.78 is 29.6. The highest BCUT2D eigenvalue weighted by atomic mass is 32.2. The Morgan fingerprint density at radius 3 is 2.55 bits per heavy atom. The predicted octanol–water partition coefficient (Wildman–Crippen LogP) is 4.22. The monoisotopic (exact) mass is 566 g/mol. The molecule has 2 fully saturated rings. The van der Waals surface area contributed by atoms with E-state index in [1.165, 1.54) is 23.6 Å². The molecule has 40 heavy (non-hydrogen) atoms. The summed E-state index contributed by atoms with van der Waals surface area (Å²) in [5, 5.41) is 18.7. The van der Waals surface area contributed by atoms with E-state index in [4.69, 9.17) is 0 Å². The fourth-order valence-electron chi connectivity index (χ4n) is 6.09. The molecule has 1 aromatic heterocycles. The Bertz CT molecular complexity index is 1400. The molecule has 2 heterocycles. The molecule has 216 valence electrons. The Hall–Kier alpha value is -2.88. The molecule has 5 rings (SSSR count). The molecule has 1 saturated heterocycles. The third kappa shape index (κ3) is 6.53. The molecule has 1 saturated carbocycles.